The number of carbonyl (C=O) groups is 1. The highest BCUT2D eigenvalue weighted by molar-refractivity contribution is 9.10. The maximum atomic E-state index is 13.4. The highest BCUT2D eigenvalue weighted by atomic mass is 79.9. The Kier molecular flexibility index (Phi) is 6.90. The average molecular weight is 453 g/mol. The molecule has 0 aliphatic carbocycles. The molecular weight excluding hydrogens is 435 g/mol. The Morgan fingerprint density at radius 1 is 1.25 bits per heavy atom. The average Bonchev–Trinajstić information content (AvgIpc) is 3.16. The third-order valence-electron chi connectivity index (χ3n) is 3.85. The van der Waals surface area contributed by atoms with Crippen LogP contribution in [0.5, 0.6) is 0 Å². The van der Waals surface area contributed by atoms with Gasteiger partial charge in [0.2, 0.25) is 0 Å². The summed E-state index contributed by atoms with van der Waals surface area (Å²) in [6, 6.07) is 12.4. The summed E-state index contributed by atoms with van der Waals surface area (Å²) < 4.78 is 13.6. The van der Waals surface area contributed by atoms with Crippen LogP contribution in [0.4, 0.5) is 14.9 Å². The number of rotatable bonds is 5. The van der Waals surface area contributed by atoms with E-state index in [9.17, 15) is 14.4 Å². The molecule has 148 valence electrons. The molecule has 2 aromatic carbocycles. The third-order valence-corrected chi connectivity index (χ3v) is 4.46. The fourth-order valence-electron chi connectivity index (χ4n) is 2.45. The number of hydrogen-bond donors (Lipinski definition) is 6. The van der Waals surface area contributed by atoms with Crippen LogP contribution in [0.3, 0.4) is 0 Å². The summed E-state index contributed by atoms with van der Waals surface area (Å²) >= 11 is 3.08. The molecule has 1 heterocycles. The van der Waals surface area contributed by atoms with E-state index in [-0.39, 0.29) is 10.3 Å². The first-order valence-corrected chi connectivity index (χ1v) is 9.05. The molecule has 2 atom stereocenters. The number of carbonyl (C=O) groups excluding carboxylic acids is 1. The number of aliphatic imine (C=N–C) groups is 1. The highest BCUT2D eigenvalue weighted by Crippen LogP contribution is 2.22. The number of hydrogen-bond acceptors (Lipinski definition) is 6. The minimum Gasteiger partial charge on any atom is -0.334 e. The fraction of sp³-hybridized carbons (Fsp3) is 0.176. The summed E-state index contributed by atoms with van der Waals surface area (Å²) in [5, 5.41) is 14.9. The van der Waals surface area contributed by atoms with Gasteiger partial charge in [0.25, 0.3) is 0 Å². The summed E-state index contributed by atoms with van der Waals surface area (Å²) in [4.78, 5) is 21.3. The number of halogens is 2. The number of benzene rings is 2. The molecule has 3 rings (SSSR count). The largest absolute Gasteiger partial charge is 0.334 e. The van der Waals surface area contributed by atoms with Crippen LogP contribution < -0.4 is 27.1 Å². The predicted molar refractivity (Wildman–Crippen MR) is 103 cm³/mol. The lowest BCUT2D eigenvalue weighted by Gasteiger charge is -2.19. The van der Waals surface area contributed by atoms with E-state index >= 15 is 0 Å². The van der Waals surface area contributed by atoms with Gasteiger partial charge in [-0.1, -0.05) is 30.3 Å². The second-order valence-electron chi connectivity index (χ2n) is 5.81. The van der Waals surface area contributed by atoms with Crippen molar-refractivity contribution in [1.82, 2.24) is 27.1 Å². The minimum absolute atomic E-state index is 0.0527. The Morgan fingerprint density at radius 3 is 2.75 bits per heavy atom. The van der Waals surface area contributed by atoms with Crippen LogP contribution in [0.25, 0.3) is 0 Å². The van der Waals surface area contributed by atoms with Crippen molar-refractivity contribution in [1.29, 1.82) is 0 Å². The van der Waals surface area contributed by atoms with Crippen molar-refractivity contribution in [3.8, 4) is 0 Å². The van der Waals surface area contributed by atoms with Gasteiger partial charge >= 0.3 is 6.03 Å². The summed E-state index contributed by atoms with van der Waals surface area (Å²) in [6.07, 6.45) is -0.738. The molecule has 9 nitrogen and oxygen atoms in total. The van der Waals surface area contributed by atoms with E-state index in [1.54, 1.807) is 0 Å². The molecule has 0 radical (unpaired) electrons. The summed E-state index contributed by atoms with van der Waals surface area (Å²) in [5.41, 5.74) is 8.47. The summed E-state index contributed by atoms with van der Waals surface area (Å²) in [7, 11) is 0. The van der Waals surface area contributed by atoms with Crippen LogP contribution in [0.2, 0.25) is 0 Å². The van der Waals surface area contributed by atoms with E-state index in [4.69, 9.17) is 4.94 Å². The van der Waals surface area contributed by atoms with Crippen molar-refractivity contribution in [2.75, 3.05) is 0 Å². The minimum atomic E-state index is -0.740. The van der Waals surface area contributed by atoms with Crippen molar-refractivity contribution in [2.24, 2.45) is 4.99 Å². The number of amidine groups is 1. The van der Waals surface area contributed by atoms with Crippen molar-refractivity contribution in [2.45, 2.75) is 18.8 Å². The van der Waals surface area contributed by atoms with Crippen molar-refractivity contribution in [3.63, 3.8) is 0 Å². The van der Waals surface area contributed by atoms with Crippen LogP contribution in [0.1, 0.15) is 5.56 Å². The van der Waals surface area contributed by atoms with Gasteiger partial charge in [0, 0.05) is 6.54 Å². The number of nitrogens with zero attached hydrogens (tertiary/aromatic N) is 1. The lowest BCUT2D eigenvalue weighted by Crippen LogP contribution is -2.56. The SMILES string of the molecule is O=C(NCc1ccccc1)NC1NONC1C(=Nc1ccc(F)c(Br)c1)NO. The summed E-state index contributed by atoms with van der Waals surface area (Å²) in [5.74, 6) is -0.382. The predicted octanol–water partition coefficient (Wildman–Crippen LogP) is 1.83. The number of nitrogens with one attached hydrogen (secondary N) is 5. The lowest BCUT2D eigenvalue weighted by molar-refractivity contribution is 0.0101. The number of hydroxylamine groups is 3. The van der Waals surface area contributed by atoms with Crippen molar-refractivity contribution in [3.05, 3.63) is 64.4 Å². The van der Waals surface area contributed by atoms with Crippen LogP contribution in [0.15, 0.2) is 58.0 Å². The van der Waals surface area contributed by atoms with Crippen molar-refractivity contribution < 1.29 is 19.3 Å². The molecule has 0 bridgehead atoms. The molecule has 1 aliphatic rings. The maximum Gasteiger partial charge on any atom is 0.316 e. The van der Waals surface area contributed by atoms with Gasteiger partial charge in [-0.2, -0.15) is 11.0 Å². The van der Waals surface area contributed by atoms with E-state index < -0.39 is 24.1 Å². The topological polar surface area (TPSA) is 119 Å². The van der Waals surface area contributed by atoms with Gasteiger partial charge in [-0.25, -0.2) is 19.1 Å². The molecule has 1 fully saturated rings. The molecule has 2 unspecified atom stereocenters. The zero-order chi connectivity index (χ0) is 19.9. The maximum absolute atomic E-state index is 13.4. The number of amides is 2. The zero-order valence-electron chi connectivity index (χ0n) is 14.4. The summed E-state index contributed by atoms with van der Waals surface area (Å²) in [6.45, 7) is 0.348. The van der Waals surface area contributed by atoms with E-state index in [2.05, 4.69) is 42.5 Å². The lowest BCUT2D eigenvalue weighted by atomic mass is 10.2. The Bertz CT molecular complexity index is 854. The molecular formula is C17H18BrFN6O3. The second-order valence-corrected chi connectivity index (χ2v) is 6.67. The van der Waals surface area contributed by atoms with Crippen molar-refractivity contribution >= 4 is 33.5 Å². The molecule has 11 heteroatoms. The fourth-order valence-corrected chi connectivity index (χ4v) is 2.82. The Labute approximate surface area is 168 Å². The normalized spacial score (nSPS) is 19.3. The van der Waals surface area contributed by atoms with Gasteiger partial charge in [0.1, 0.15) is 23.9 Å². The first-order valence-electron chi connectivity index (χ1n) is 8.26. The third kappa shape index (κ3) is 5.24. The van der Waals surface area contributed by atoms with Gasteiger partial charge < -0.3 is 10.6 Å². The molecule has 2 amide bonds. The number of urea groups is 1. The van der Waals surface area contributed by atoms with Gasteiger partial charge in [0.15, 0.2) is 0 Å². The Balaban J connectivity index is 1.64. The molecule has 1 saturated heterocycles. The van der Waals surface area contributed by atoms with Gasteiger partial charge in [-0.15, -0.1) is 0 Å². The second kappa shape index (κ2) is 9.57. The molecule has 0 saturated carbocycles. The van der Waals surface area contributed by atoms with Crippen LogP contribution in [0, 0.1) is 5.82 Å². The Morgan fingerprint density at radius 2 is 2.04 bits per heavy atom. The smallest absolute Gasteiger partial charge is 0.316 e. The molecule has 1 aliphatic heterocycles. The van der Waals surface area contributed by atoms with Crippen LogP contribution >= 0.6 is 15.9 Å². The van der Waals surface area contributed by atoms with Crippen LogP contribution in [-0.4, -0.2) is 29.3 Å². The van der Waals surface area contributed by atoms with Gasteiger partial charge in [-0.05, 0) is 39.7 Å². The standard InChI is InChI=1S/C17H18BrFN6O3/c18-12-8-11(6-7-13(12)19)21-15(23-27)14-16(25-28-24-14)22-17(26)20-9-10-4-2-1-3-5-10/h1-8,14,16,24-25,27H,9H2,(H,21,23)(H2,20,22,26). The quantitative estimate of drug-likeness (QED) is 0.234. The van der Waals surface area contributed by atoms with E-state index in [0.29, 0.717) is 12.2 Å². The first-order chi connectivity index (χ1) is 13.6. The molecule has 0 spiro atoms. The first kappa shape index (κ1) is 20.2. The Hall–Kier alpha value is -2.57. The molecule has 2 aromatic rings. The zero-order valence-corrected chi connectivity index (χ0v) is 16.0. The highest BCUT2D eigenvalue weighted by Gasteiger charge is 2.34. The van der Waals surface area contributed by atoms with Gasteiger partial charge in [0.05, 0.1) is 10.2 Å². The van der Waals surface area contributed by atoms with Crippen LogP contribution in [-0.2, 0) is 11.5 Å². The molecule has 28 heavy (non-hydrogen) atoms. The van der Waals surface area contributed by atoms with E-state index in [0.717, 1.165) is 5.56 Å². The van der Waals surface area contributed by atoms with E-state index in [1.165, 1.54) is 18.2 Å². The molecule has 6 N–H and O–H groups in total. The monoisotopic (exact) mass is 452 g/mol. The van der Waals surface area contributed by atoms with E-state index in [1.807, 2.05) is 35.8 Å². The van der Waals surface area contributed by atoms with Gasteiger partial charge in [-0.3, -0.25) is 10.7 Å². The molecule has 0 aromatic heterocycles.